The van der Waals surface area contributed by atoms with Gasteiger partial charge in [-0.05, 0) is 17.7 Å². The van der Waals surface area contributed by atoms with Crippen molar-refractivity contribution >= 4 is 11.0 Å². The highest BCUT2D eigenvalue weighted by molar-refractivity contribution is 5.96. The zero-order valence-electron chi connectivity index (χ0n) is 13.8. The zero-order chi connectivity index (χ0) is 16.4. The number of fused-ring (bicyclic) bond motifs is 1. The van der Waals surface area contributed by atoms with Crippen molar-refractivity contribution in [2.45, 2.75) is 6.54 Å². The number of methoxy groups -OCH3 is 1. The number of ether oxygens (including phenoxy) is 2. The number of furan rings is 1. The average molecular weight is 323 g/mol. The Morgan fingerprint density at radius 1 is 1.04 bits per heavy atom. The van der Waals surface area contributed by atoms with E-state index < -0.39 is 0 Å². The summed E-state index contributed by atoms with van der Waals surface area (Å²) in [5.41, 5.74) is 3.24. The molecule has 1 saturated heterocycles. The van der Waals surface area contributed by atoms with Crippen LogP contribution in [0.1, 0.15) is 5.76 Å². The molecule has 4 heteroatoms. The van der Waals surface area contributed by atoms with Crippen LogP contribution in [0, 0.1) is 0 Å². The molecule has 0 spiro atoms. The normalized spacial score (nSPS) is 15.7. The highest BCUT2D eigenvalue weighted by atomic mass is 16.5. The summed E-state index contributed by atoms with van der Waals surface area (Å²) < 4.78 is 17.0. The van der Waals surface area contributed by atoms with Crippen molar-refractivity contribution in [3.63, 3.8) is 0 Å². The van der Waals surface area contributed by atoms with Gasteiger partial charge < -0.3 is 13.9 Å². The SMILES string of the molecule is COc1ccc2c(-c3ccccc3)c(CN3CCOCC3)oc2c1. The second-order valence-corrected chi connectivity index (χ2v) is 6.02. The van der Waals surface area contributed by atoms with Crippen LogP contribution in [0.25, 0.3) is 22.1 Å². The smallest absolute Gasteiger partial charge is 0.138 e. The minimum Gasteiger partial charge on any atom is -0.497 e. The van der Waals surface area contributed by atoms with Gasteiger partial charge in [-0.15, -0.1) is 0 Å². The molecule has 0 radical (unpaired) electrons. The molecule has 0 saturated carbocycles. The molecule has 1 aliphatic heterocycles. The van der Waals surface area contributed by atoms with Crippen LogP contribution in [0.2, 0.25) is 0 Å². The molecule has 0 N–H and O–H groups in total. The van der Waals surface area contributed by atoms with Crippen LogP contribution in [0.5, 0.6) is 5.75 Å². The molecular formula is C20H21NO3. The van der Waals surface area contributed by atoms with Crippen molar-refractivity contribution < 1.29 is 13.9 Å². The third kappa shape index (κ3) is 2.90. The molecular weight excluding hydrogens is 302 g/mol. The van der Waals surface area contributed by atoms with E-state index in [1.807, 2.05) is 18.2 Å². The number of rotatable bonds is 4. The summed E-state index contributed by atoms with van der Waals surface area (Å²) in [7, 11) is 1.68. The Hall–Kier alpha value is -2.30. The van der Waals surface area contributed by atoms with Gasteiger partial charge in [-0.3, -0.25) is 4.90 Å². The first-order valence-corrected chi connectivity index (χ1v) is 8.30. The average Bonchev–Trinajstić information content (AvgIpc) is 3.00. The topological polar surface area (TPSA) is 34.8 Å². The van der Waals surface area contributed by atoms with Gasteiger partial charge >= 0.3 is 0 Å². The third-order valence-corrected chi connectivity index (χ3v) is 4.50. The van der Waals surface area contributed by atoms with E-state index in [9.17, 15) is 0 Å². The van der Waals surface area contributed by atoms with Crippen molar-refractivity contribution in [2.75, 3.05) is 33.4 Å². The van der Waals surface area contributed by atoms with Crippen LogP contribution in [-0.2, 0) is 11.3 Å². The minimum absolute atomic E-state index is 0.786. The molecule has 0 amide bonds. The van der Waals surface area contributed by atoms with Gasteiger partial charge in [0, 0.05) is 30.1 Å². The highest BCUT2D eigenvalue weighted by Crippen LogP contribution is 2.37. The standard InChI is InChI=1S/C20H21NO3/c1-22-16-7-8-17-18(13-16)24-19(14-21-9-11-23-12-10-21)20(17)15-5-3-2-4-6-15/h2-8,13H,9-12,14H2,1H3. The Balaban J connectivity index is 1.80. The van der Waals surface area contributed by atoms with E-state index in [0.29, 0.717) is 0 Å². The van der Waals surface area contributed by atoms with Crippen molar-refractivity contribution in [3.8, 4) is 16.9 Å². The molecule has 0 bridgehead atoms. The van der Waals surface area contributed by atoms with Crippen LogP contribution in [0.15, 0.2) is 52.9 Å². The molecule has 3 aromatic rings. The van der Waals surface area contributed by atoms with Gasteiger partial charge in [0.05, 0.1) is 26.9 Å². The molecule has 4 rings (SSSR count). The molecule has 1 aromatic heterocycles. The van der Waals surface area contributed by atoms with Crippen LogP contribution < -0.4 is 4.74 Å². The number of morpholine rings is 1. The van der Waals surface area contributed by atoms with Gasteiger partial charge in [-0.1, -0.05) is 30.3 Å². The summed E-state index contributed by atoms with van der Waals surface area (Å²) in [4.78, 5) is 2.38. The Kier molecular flexibility index (Phi) is 4.24. The van der Waals surface area contributed by atoms with Crippen LogP contribution in [-0.4, -0.2) is 38.3 Å². The summed E-state index contributed by atoms with van der Waals surface area (Å²) in [6, 6.07) is 16.5. The van der Waals surface area contributed by atoms with Crippen molar-refractivity contribution in [2.24, 2.45) is 0 Å². The number of hydrogen-bond donors (Lipinski definition) is 0. The van der Waals surface area contributed by atoms with Gasteiger partial charge in [-0.2, -0.15) is 0 Å². The summed E-state index contributed by atoms with van der Waals surface area (Å²) in [6.07, 6.45) is 0. The minimum atomic E-state index is 0.786. The summed E-state index contributed by atoms with van der Waals surface area (Å²) in [6.45, 7) is 4.25. The zero-order valence-corrected chi connectivity index (χ0v) is 13.8. The van der Waals surface area contributed by atoms with E-state index in [2.05, 4.69) is 35.2 Å². The van der Waals surface area contributed by atoms with Gasteiger partial charge in [0.1, 0.15) is 17.1 Å². The predicted octanol–water partition coefficient (Wildman–Crippen LogP) is 3.94. The third-order valence-electron chi connectivity index (χ3n) is 4.50. The Bertz CT molecular complexity index is 820. The first-order chi connectivity index (χ1) is 11.8. The molecule has 0 aliphatic carbocycles. The second kappa shape index (κ2) is 6.67. The first kappa shape index (κ1) is 15.2. The van der Waals surface area contributed by atoms with E-state index in [0.717, 1.165) is 55.3 Å². The monoisotopic (exact) mass is 323 g/mol. The largest absolute Gasteiger partial charge is 0.497 e. The summed E-state index contributed by atoms with van der Waals surface area (Å²) >= 11 is 0. The van der Waals surface area contributed by atoms with E-state index in [1.165, 1.54) is 11.1 Å². The van der Waals surface area contributed by atoms with Gasteiger partial charge in [0.25, 0.3) is 0 Å². The summed E-state index contributed by atoms with van der Waals surface area (Å²) in [5.74, 6) is 1.82. The second-order valence-electron chi connectivity index (χ2n) is 6.02. The van der Waals surface area contributed by atoms with Gasteiger partial charge in [0.15, 0.2) is 0 Å². The predicted molar refractivity (Wildman–Crippen MR) is 94.3 cm³/mol. The fraction of sp³-hybridized carbons (Fsp3) is 0.300. The summed E-state index contributed by atoms with van der Waals surface area (Å²) in [5, 5.41) is 1.13. The van der Waals surface area contributed by atoms with Crippen molar-refractivity contribution in [1.82, 2.24) is 4.90 Å². The van der Waals surface area contributed by atoms with Gasteiger partial charge in [0.2, 0.25) is 0 Å². The first-order valence-electron chi connectivity index (χ1n) is 8.30. The van der Waals surface area contributed by atoms with Crippen LogP contribution in [0.3, 0.4) is 0 Å². The van der Waals surface area contributed by atoms with E-state index in [1.54, 1.807) is 7.11 Å². The molecule has 124 valence electrons. The quantitative estimate of drug-likeness (QED) is 0.728. The van der Waals surface area contributed by atoms with E-state index >= 15 is 0 Å². The molecule has 1 aliphatic rings. The molecule has 2 heterocycles. The maximum Gasteiger partial charge on any atom is 0.138 e. The highest BCUT2D eigenvalue weighted by Gasteiger charge is 2.20. The lowest BCUT2D eigenvalue weighted by Gasteiger charge is -2.25. The molecule has 4 nitrogen and oxygen atoms in total. The number of benzene rings is 2. The van der Waals surface area contributed by atoms with Gasteiger partial charge in [-0.25, -0.2) is 0 Å². The maximum absolute atomic E-state index is 6.24. The fourth-order valence-electron chi connectivity index (χ4n) is 3.25. The molecule has 1 fully saturated rings. The van der Waals surface area contributed by atoms with Crippen molar-refractivity contribution in [3.05, 3.63) is 54.3 Å². The van der Waals surface area contributed by atoms with E-state index in [-0.39, 0.29) is 0 Å². The Morgan fingerprint density at radius 3 is 2.58 bits per heavy atom. The number of hydrogen-bond acceptors (Lipinski definition) is 4. The van der Waals surface area contributed by atoms with Crippen molar-refractivity contribution in [1.29, 1.82) is 0 Å². The lowest BCUT2D eigenvalue weighted by Crippen LogP contribution is -2.35. The van der Waals surface area contributed by atoms with Crippen LogP contribution in [0.4, 0.5) is 0 Å². The maximum atomic E-state index is 6.24. The van der Waals surface area contributed by atoms with Crippen LogP contribution >= 0.6 is 0 Å². The van der Waals surface area contributed by atoms with E-state index in [4.69, 9.17) is 13.9 Å². The fourth-order valence-corrected chi connectivity index (χ4v) is 3.25. The molecule has 0 unspecified atom stereocenters. The lowest BCUT2D eigenvalue weighted by molar-refractivity contribution is 0.0316. The molecule has 0 atom stereocenters. The Labute approximate surface area is 141 Å². The number of nitrogens with zero attached hydrogens (tertiary/aromatic N) is 1. The molecule has 2 aromatic carbocycles. The molecule has 24 heavy (non-hydrogen) atoms. The lowest BCUT2D eigenvalue weighted by atomic mass is 10.0. The Morgan fingerprint density at radius 2 is 1.83 bits per heavy atom.